The lowest BCUT2D eigenvalue weighted by Crippen LogP contribution is -2.62. The number of amides is 7. The molecule has 0 spiro atoms. The molecule has 0 aliphatic carbocycles. The summed E-state index contributed by atoms with van der Waals surface area (Å²) in [6.45, 7) is 11.4. The molecule has 0 heterocycles. The Hall–Kier alpha value is -6.66. The summed E-state index contributed by atoms with van der Waals surface area (Å²) in [6.07, 6.45) is 1.45. The fourth-order valence-corrected chi connectivity index (χ4v) is 7.35. The first-order chi connectivity index (χ1) is 32.6. The van der Waals surface area contributed by atoms with Crippen LogP contribution in [-0.2, 0) is 51.3 Å². The number of nitrogens with one attached hydrogen (secondary N) is 6. The molecular weight excluding hydrogens is 885 g/mol. The molecule has 376 valence electrons. The minimum Gasteiger partial charge on any atom is -0.394 e. The summed E-state index contributed by atoms with van der Waals surface area (Å²) in [6, 6.07) is 15.0. The fraction of sp³-hybridized carbons (Fsp3) is 0.490. The van der Waals surface area contributed by atoms with Crippen LogP contribution in [-0.4, -0.2) is 116 Å². The van der Waals surface area contributed by atoms with Gasteiger partial charge in [0.2, 0.25) is 35.3 Å². The average molecular weight is 957 g/mol. The number of ether oxygens (including phenoxy) is 1. The van der Waals surface area contributed by atoms with Gasteiger partial charge in [-0.05, 0) is 59.9 Å². The zero-order valence-corrected chi connectivity index (χ0v) is 41.3. The third-order valence-electron chi connectivity index (χ3n) is 11.3. The number of aliphatic hydroxyl groups is 1. The van der Waals surface area contributed by atoms with Gasteiger partial charge >= 0.3 is 0 Å². The SMILES string of the molecule is CCCCC(NC(=O)[C@H](CC(C)C)NC(=O)[C@@H](NC(=O)[C@H](Cc1ccccc1C)NC(=O)[C@@H](COCc1ccccc1)NC(=O)[C@H](CO)NC(=O)c1ccccc1N(C)C)C(C)(C)C)C(=O)C(N)=O. The van der Waals surface area contributed by atoms with Crippen molar-refractivity contribution in [3.8, 4) is 0 Å². The summed E-state index contributed by atoms with van der Waals surface area (Å²) in [7, 11) is 3.50. The number of para-hydroxylation sites is 1. The Balaban J connectivity index is 1.97. The lowest BCUT2D eigenvalue weighted by atomic mass is 9.85. The highest BCUT2D eigenvalue weighted by atomic mass is 16.5. The molecule has 0 saturated carbocycles. The van der Waals surface area contributed by atoms with Crippen LogP contribution in [0.1, 0.15) is 94.3 Å². The van der Waals surface area contributed by atoms with Crippen LogP contribution >= 0.6 is 0 Å². The molecule has 9 N–H and O–H groups in total. The maximum absolute atomic E-state index is 14.6. The maximum Gasteiger partial charge on any atom is 0.287 e. The number of rotatable bonds is 27. The summed E-state index contributed by atoms with van der Waals surface area (Å²) >= 11 is 0. The third kappa shape index (κ3) is 18.1. The van der Waals surface area contributed by atoms with E-state index in [2.05, 4.69) is 31.9 Å². The first-order valence-electron chi connectivity index (χ1n) is 23.3. The van der Waals surface area contributed by atoms with Crippen LogP contribution < -0.4 is 42.5 Å². The van der Waals surface area contributed by atoms with E-state index in [1.807, 2.05) is 70.2 Å². The van der Waals surface area contributed by atoms with Gasteiger partial charge in [0.15, 0.2) is 0 Å². The predicted molar refractivity (Wildman–Crippen MR) is 262 cm³/mol. The van der Waals surface area contributed by atoms with Crippen molar-refractivity contribution in [1.29, 1.82) is 0 Å². The Labute approximate surface area is 405 Å². The first kappa shape index (κ1) is 56.7. The van der Waals surface area contributed by atoms with Crippen LogP contribution in [0.4, 0.5) is 5.69 Å². The molecule has 3 rings (SSSR count). The number of benzene rings is 3. The number of aliphatic hydroxyl groups excluding tert-OH is 1. The molecule has 18 heteroatoms. The van der Waals surface area contributed by atoms with E-state index >= 15 is 0 Å². The van der Waals surface area contributed by atoms with Crippen molar-refractivity contribution in [1.82, 2.24) is 31.9 Å². The van der Waals surface area contributed by atoms with Crippen molar-refractivity contribution in [2.24, 2.45) is 17.1 Å². The minimum atomic E-state index is -1.50. The van der Waals surface area contributed by atoms with Crippen LogP contribution in [0, 0.1) is 18.3 Å². The molecule has 69 heavy (non-hydrogen) atoms. The standard InChI is InChI=1S/C51H72N8O10/c1-10-11-24-36(42(61)44(52)62)53-46(64)37(26-31(2)3)55-50(68)43(51(5,6)7)58-47(65)38(27-34-22-16-15-19-32(34)4)54-49(67)40(30-69-29-33-20-13-12-14-21-33)57-48(66)39(28-60)56-45(63)35-23-17-18-25-41(35)59(8)9/h12-23,25,31,36-40,43,60H,10-11,24,26-30H2,1-9H3,(H2,52,62)(H,53,64)(H,54,67)(H,55,68)(H,56,63)(H,57,66)(H,58,65)/t36?,37-,38-,39-,40+,43+/m0/s1. The Bertz CT molecular complexity index is 2230. The van der Waals surface area contributed by atoms with Gasteiger partial charge in [-0.25, -0.2) is 0 Å². The lowest BCUT2D eigenvalue weighted by Gasteiger charge is -2.34. The highest BCUT2D eigenvalue weighted by Crippen LogP contribution is 2.22. The Morgan fingerprint density at radius 3 is 1.83 bits per heavy atom. The molecule has 0 aromatic heterocycles. The molecule has 3 aromatic carbocycles. The van der Waals surface area contributed by atoms with Crippen molar-refractivity contribution >= 4 is 52.8 Å². The van der Waals surface area contributed by atoms with Crippen LogP contribution in [0.2, 0.25) is 0 Å². The van der Waals surface area contributed by atoms with Gasteiger partial charge in [0.25, 0.3) is 11.8 Å². The number of carbonyl (C=O) groups excluding carboxylic acids is 8. The summed E-state index contributed by atoms with van der Waals surface area (Å²) < 4.78 is 5.92. The van der Waals surface area contributed by atoms with E-state index < -0.39 is 102 Å². The summed E-state index contributed by atoms with van der Waals surface area (Å²) in [5.41, 5.74) is 7.39. The number of hydrogen-bond acceptors (Lipinski definition) is 11. The van der Waals surface area contributed by atoms with E-state index in [-0.39, 0.29) is 37.4 Å². The van der Waals surface area contributed by atoms with E-state index in [0.717, 1.165) is 11.1 Å². The topological polar surface area (TPSA) is 267 Å². The van der Waals surface area contributed by atoms with Crippen LogP contribution in [0.25, 0.3) is 0 Å². The Morgan fingerprint density at radius 1 is 0.681 bits per heavy atom. The Morgan fingerprint density at radius 2 is 1.23 bits per heavy atom. The van der Waals surface area contributed by atoms with Gasteiger partial charge in [-0.2, -0.15) is 0 Å². The normalized spacial score (nSPS) is 13.9. The summed E-state index contributed by atoms with van der Waals surface area (Å²) in [5, 5.41) is 26.4. The first-order valence-corrected chi connectivity index (χ1v) is 23.3. The minimum absolute atomic E-state index is 0.0497. The maximum atomic E-state index is 14.6. The molecule has 1 unspecified atom stereocenters. The van der Waals surface area contributed by atoms with Gasteiger partial charge in [0.05, 0.1) is 31.4 Å². The van der Waals surface area contributed by atoms with Gasteiger partial charge in [-0.3, -0.25) is 38.4 Å². The summed E-state index contributed by atoms with van der Waals surface area (Å²) in [4.78, 5) is 111. The second-order valence-electron chi connectivity index (χ2n) is 18.8. The van der Waals surface area contributed by atoms with Crippen molar-refractivity contribution in [2.45, 2.75) is 123 Å². The van der Waals surface area contributed by atoms with Gasteiger partial charge in [-0.1, -0.05) is 121 Å². The molecule has 3 aromatic rings. The molecule has 0 aliphatic rings. The van der Waals surface area contributed by atoms with Gasteiger partial charge in [-0.15, -0.1) is 0 Å². The largest absolute Gasteiger partial charge is 0.394 e. The number of unbranched alkanes of at least 4 members (excludes halogenated alkanes) is 1. The number of nitrogens with zero attached hydrogens (tertiary/aromatic N) is 1. The second-order valence-corrected chi connectivity index (χ2v) is 18.8. The van der Waals surface area contributed by atoms with Crippen molar-refractivity contribution < 1.29 is 48.2 Å². The highest BCUT2D eigenvalue weighted by Gasteiger charge is 2.39. The molecule has 6 atom stereocenters. The number of aryl methyl sites for hydroxylation is 1. The van der Waals surface area contributed by atoms with E-state index in [4.69, 9.17) is 10.5 Å². The van der Waals surface area contributed by atoms with Crippen LogP contribution in [0.3, 0.4) is 0 Å². The number of nitrogens with two attached hydrogens (primary N) is 1. The highest BCUT2D eigenvalue weighted by molar-refractivity contribution is 6.37. The fourth-order valence-electron chi connectivity index (χ4n) is 7.35. The number of primary amides is 1. The molecule has 0 radical (unpaired) electrons. The van der Waals surface area contributed by atoms with Gasteiger partial charge < -0.3 is 52.4 Å². The molecule has 7 amide bonds. The zero-order valence-electron chi connectivity index (χ0n) is 41.3. The number of hydrogen-bond donors (Lipinski definition) is 8. The van der Waals surface area contributed by atoms with Crippen molar-refractivity contribution in [2.75, 3.05) is 32.2 Å². The smallest absolute Gasteiger partial charge is 0.287 e. The molecule has 18 nitrogen and oxygen atoms in total. The summed E-state index contributed by atoms with van der Waals surface area (Å²) in [5.74, 6) is -6.88. The van der Waals surface area contributed by atoms with E-state index in [9.17, 15) is 43.5 Å². The third-order valence-corrected chi connectivity index (χ3v) is 11.3. The Kier molecular flexibility index (Phi) is 22.5. The monoisotopic (exact) mass is 957 g/mol. The van der Waals surface area contributed by atoms with Gasteiger partial charge in [0.1, 0.15) is 30.2 Å². The van der Waals surface area contributed by atoms with Crippen LogP contribution in [0.15, 0.2) is 78.9 Å². The van der Waals surface area contributed by atoms with Crippen LogP contribution in [0.5, 0.6) is 0 Å². The molecule has 0 fully saturated rings. The molecule has 0 bridgehead atoms. The number of carbonyl (C=O) groups is 8. The van der Waals surface area contributed by atoms with Crippen molar-refractivity contribution in [3.63, 3.8) is 0 Å². The average Bonchev–Trinajstić information content (AvgIpc) is 3.30. The van der Waals surface area contributed by atoms with Crippen molar-refractivity contribution in [3.05, 3.63) is 101 Å². The molecule has 0 saturated heterocycles. The number of Topliss-reactive ketones (excluding diaryl/α,β-unsaturated/α-hetero) is 1. The van der Waals surface area contributed by atoms with Gasteiger partial charge in [0, 0.05) is 26.2 Å². The predicted octanol–water partition coefficient (Wildman–Crippen LogP) is 2.37. The molecular formula is C51H72N8O10. The van der Waals surface area contributed by atoms with E-state index in [1.165, 1.54) is 0 Å². The second kappa shape index (κ2) is 27.4. The quantitative estimate of drug-likeness (QED) is 0.0515. The molecule has 0 aliphatic heterocycles. The number of ketones is 1. The van der Waals surface area contributed by atoms with E-state index in [1.54, 1.807) is 76.2 Å². The zero-order chi connectivity index (χ0) is 51.4. The number of anilines is 1. The lowest BCUT2D eigenvalue weighted by molar-refractivity contribution is -0.139. The van der Waals surface area contributed by atoms with E-state index in [0.29, 0.717) is 24.1 Å².